The number of esters is 2. The summed E-state index contributed by atoms with van der Waals surface area (Å²) in [6.45, 7) is 17.2. The zero-order chi connectivity index (χ0) is 38.8. The van der Waals surface area contributed by atoms with Gasteiger partial charge in [0, 0.05) is 25.6 Å². The van der Waals surface area contributed by atoms with Crippen molar-refractivity contribution in [3.8, 4) is 0 Å². The highest BCUT2D eigenvalue weighted by Crippen LogP contribution is 2.19. The van der Waals surface area contributed by atoms with Crippen LogP contribution in [0.25, 0.3) is 0 Å². The van der Waals surface area contributed by atoms with E-state index in [0.717, 1.165) is 95.5 Å². The van der Waals surface area contributed by atoms with Crippen LogP contribution in [0.2, 0.25) is 0 Å². The van der Waals surface area contributed by atoms with Crippen molar-refractivity contribution >= 4 is 11.9 Å². The van der Waals surface area contributed by atoms with E-state index >= 15 is 0 Å². The molecule has 1 atom stereocenters. The van der Waals surface area contributed by atoms with Crippen molar-refractivity contribution in [2.75, 3.05) is 19.6 Å². The Labute approximate surface area is 328 Å². The number of aryl methyl sites for hydroxylation is 3. The van der Waals surface area contributed by atoms with Crippen LogP contribution < -0.4 is 0 Å². The lowest BCUT2D eigenvalue weighted by Crippen LogP contribution is -2.28. The van der Waals surface area contributed by atoms with E-state index in [0.29, 0.717) is 12.8 Å². The molecule has 0 bridgehead atoms. The molecule has 310 valence electrons. The Bertz CT molecular complexity index is 979. The van der Waals surface area contributed by atoms with Gasteiger partial charge in [-0.05, 0) is 105 Å². The summed E-state index contributed by atoms with van der Waals surface area (Å²) in [7, 11) is 0. The molecule has 0 aliphatic heterocycles. The fraction of sp³-hybridized carbons (Fsp3) is 0.891. The molecule has 0 aromatic carbocycles. The number of unbranched alkanes of at least 4 members (excludes halogenated alkanes) is 18. The Kier molecular flexibility index (Phi) is 32.1. The van der Waals surface area contributed by atoms with Crippen molar-refractivity contribution in [2.24, 2.45) is 0 Å². The summed E-state index contributed by atoms with van der Waals surface area (Å²) in [5, 5.41) is 0. The van der Waals surface area contributed by atoms with Crippen LogP contribution in [0.5, 0.6) is 0 Å². The third kappa shape index (κ3) is 29.1. The van der Waals surface area contributed by atoms with Crippen LogP contribution in [0, 0.1) is 13.8 Å². The molecule has 1 unspecified atom stereocenters. The van der Waals surface area contributed by atoms with E-state index in [2.05, 4.69) is 55.3 Å². The number of hydrogen-bond donors (Lipinski definition) is 0. The normalized spacial score (nSPS) is 12.2. The molecule has 53 heavy (non-hydrogen) atoms. The van der Waals surface area contributed by atoms with Crippen LogP contribution in [-0.2, 0) is 25.6 Å². The smallest absolute Gasteiger partial charge is 0.306 e. The van der Waals surface area contributed by atoms with Gasteiger partial charge in [-0.15, -0.1) is 0 Å². The predicted molar refractivity (Wildman–Crippen MR) is 224 cm³/mol. The Hall–Kier alpha value is -1.89. The second-order valence-electron chi connectivity index (χ2n) is 16.2. The maximum atomic E-state index is 12.8. The summed E-state index contributed by atoms with van der Waals surface area (Å²) < 4.78 is 13.9. The maximum Gasteiger partial charge on any atom is 0.306 e. The van der Waals surface area contributed by atoms with E-state index in [1.807, 2.05) is 6.92 Å². The number of carbonyl (C=O) groups is 2. The van der Waals surface area contributed by atoms with Crippen LogP contribution in [0.4, 0.5) is 0 Å². The lowest BCUT2D eigenvalue weighted by Gasteiger charge is -2.22. The Morgan fingerprint density at radius 3 is 1.53 bits per heavy atom. The van der Waals surface area contributed by atoms with Gasteiger partial charge in [0.05, 0.1) is 11.8 Å². The van der Waals surface area contributed by atoms with Gasteiger partial charge in [0.15, 0.2) is 0 Å². The molecule has 0 spiro atoms. The highest BCUT2D eigenvalue weighted by molar-refractivity contribution is 5.69. The summed E-state index contributed by atoms with van der Waals surface area (Å²) in [4.78, 5) is 32.1. The van der Waals surface area contributed by atoms with E-state index in [-0.39, 0.29) is 24.1 Å². The molecule has 1 heterocycles. The van der Waals surface area contributed by atoms with Gasteiger partial charge in [0.25, 0.3) is 0 Å². The standard InChI is InChI=1S/C46H87N3O4/c1-7-10-12-14-18-24-32-44(33-25-19-15-13-11-8-2)53-46(51)35-27-21-17-23-29-37-48(38-30-39-49-40-41(4)47-43(49)6)36-28-22-16-20-26-34-45(50)52-42(5)31-9-3/h40,42,44H,7-39H2,1-6H3. The number of carbonyl (C=O) groups excluding carboxylic acids is 2. The predicted octanol–water partition coefficient (Wildman–Crippen LogP) is 13.0. The quantitative estimate of drug-likeness (QED) is 0.0496. The number of nitrogens with zero attached hydrogens (tertiary/aromatic N) is 3. The van der Waals surface area contributed by atoms with Gasteiger partial charge in [-0.2, -0.15) is 0 Å². The largest absolute Gasteiger partial charge is 0.463 e. The van der Waals surface area contributed by atoms with E-state index in [1.165, 1.54) is 116 Å². The summed E-state index contributed by atoms with van der Waals surface area (Å²) in [6, 6.07) is 0. The Morgan fingerprint density at radius 1 is 0.585 bits per heavy atom. The minimum Gasteiger partial charge on any atom is -0.463 e. The molecule has 0 N–H and O–H groups in total. The first-order valence-corrected chi connectivity index (χ1v) is 22.9. The van der Waals surface area contributed by atoms with Crippen molar-refractivity contribution in [1.29, 1.82) is 0 Å². The fourth-order valence-electron chi connectivity index (χ4n) is 7.52. The number of rotatable bonds is 38. The number of hydrogen-bond acceptors (Lipinski definition) is 6. The molecule has 1 aromatic heterocycles. The zero-order valence-corrected chi connectivity index (χ0v) is 36.0. The molecule has 0 saturated heterocycles. The molecular weight excluding hydrogens is 659 g/mol. The van der Waals surface area contributed by atoms with Crippen molar-refractivity contribution in [2.45, 2.75) is 246 Å². The van der Waals surface area contributed by atoms with Crippen LogP contribution in [0.3, 0.4) is 0 Å². The number of imidazole rings is 1. The topological polar surface area (TPSA) is 73.7 Å². The molecular formula is C46H87N3O4. The minimum atomic E-state index is -0.0355. The third-order valence-electron chi connectivity index (χ3n) is 10.8. The van der Waals surface area contributed by atoms with E-state index in [4.69, 9.17) is 9.47 Å². The molecule has 1 aromatic rings. The zero-order valence-electron chi connectivity index (χ0n) is 36.0. The average Bonchev–Trinajstić information content (AvgIpc) is 3.45. The van der Waals surface area contributed by atoms with Gasteiger partial charge in [-0.3, -0.25) is 9.59 Å². The molecule has 0 radical (unpaired) electrons. The van der Waals surface area contributed by atoms with Crippen LogP contribution in [0.1, 0.15) is 225 Å². The molecule has 0 fully saturated rings. The van der Waals surface area contributed by atoms with Crippen LogP contribution in [-0.4, -0.2) is 58.2 Å². The molecule has 0 amide bonds. The van der Waals surface area contributed by atoms with Gasteiger partial charge in [0.1, 0.15) is 11.9 Å². The van der Waals surface area contributed by atoms with Crippen molar-refractivity contribution in [1.82, 2.24) is 14.5 Å². The number of ether oxygens (including phenoxy) is 2. The average molecular weight is 746 g/mol. The summed E-state index contributed by atoms with van der Waals surface area (Å²) >= 11 is 0. The first-order valence-electron chi connectivity index (χ1n) is 22.9. The van der Waals surface area contributed by atoms with Gasteiger partial charge >= 0.3 is 11.9 Å². The van der Waals surface area contributed by atoms with Crippen molar-refractivity contribution in [3.05, 3.63) is 17.7 Å². The maximum absolute atomic E-state index is 12.8. The molecule has 0 aliphatic carbocycles. The van der Waals surface area contributed by atoms with Gasteiger partial charge in [-0.25, -0.2) is 4.98 Å². The van der Waals surface area contributed by atoms with E-state index in [1.54, 1.807) is 0 Å². The lowest BCUT2D eigenvalue weighted by molar-refractivity contribution is -0.150. The second kappa shape index (κ2) is 34.6. The SMILES string of the molecule is CCCCCCCCC(CCCCCCCC)OC(=O)CCCCCCCN(CCCCCCCC(=O)OC(C)CCC)CCCn1cc(C)nc1C. The van der Waals surface area contributed by atoms with Crippen molar-refractivity contribution < 1.29 is 19.1 Å². The first kappa shape index (κ1) is 49.1. The monoisotopic (exact) mass is 746 g/mol. The van der Waals surface area contributed by atoms with Crippen LogP contribution >= 0.6 is 0 Å². The highest BCUT2D eigenvalue weighted by atomic mass is 16.5. The fourth-order valence-corrected chi connectivity index (χ4v) is 7.52. The molecule has 0 aliphatic rings. The summed E-state index contributed by atoms with van der Waals surface area (Å²) in [5.74, 6) is 1.10. The third-order valence-corrected chi connectivity index (χ3v) is 10.8. The van der Waals surface area contributed by atoms with Crippen molar-refractivity contribution in [3.63, 3.8) is 0 Å². The minimum absolute atomic E-state index is 0.0305. The van der Waals surface area contributed by atoms with Gasteiger partial charge in [-0.1, -0.05) is 130 Å². The van der Waals surface area contributed by atoms with Crippen LogP contribution in [0.15, 0.2) is 6.20 Å². The molecule has 1 rings (SSSR count). The number of aromatic nitrogens is 2. The molecule has 7 heteroatoms. The second-order valence-corrected chi connectivity index (χ2v) is 16.2. The molecule has 0 saturated carbocycles. The Morgan fingerprint density at radius 2 is 1.04 bits per heavy atom. The summed E-state index contributed by atoms with van der Waals surface area (Å²) in [6.07, 6.45) is 35.4. The lowest BCUT2D eigenvalue weighted by atomic mass is 10.0. The van der Waals surface area contributed by atoms with Gasteiger partial charge < -0.3 is 18.9 Å². The van der Waals surface area contributed by atoms with E-state index < -0.39 is 0 Å². The first-order chi connectivity index (χ1) is 25.8. The summed E-state index contributed by atoms with van der Waals surface area (Å²) in [5.41, 5.74) is 1.09. The molecule has 7 nitrogen and oxygen atoms in total. The Balaban J connectivity index is 2.36. The van der Waals surface area contributed by atoms with Gasteiger partial charge in [0.2, 0.25) is 0 Å². The highest BCUT2D eigenvalue weighted by Gasteiger charge is 2.15. The van der Waals surface area contributed by atoms with E-state index in [9.17, 15) is 9.59 Å².